The minimum atomic E-state index is 0.0635. The first-order chi connectivity index (χ1) is 6.11. The Hall–Kier alpha value is -1.58. The second-order valence-electron chi connectivity index (χ2n) is 2.70. The highest BCUT2D eigenvalue weighted by molar-refractivity contribution is 5.68. The van der Waals surface area contributed by atoms with Crippen molar-refractivity contribution in [1.29, 1.82) is 0 Å². The molecule has 0 saturated heterocycles. The maximum Gasteiger partial charge on any atom is 0.205 e. The van der Waals surface area contributed by atoms with Gasteiger partial charge >= 0.3 is 0 Å². The van der Waals surface area contributed by atoms with Crippen molar-refractivity contribution in [2.45, 2.75) is 6.92 Å². The normalized spacial score (nSPS) is 9.77. The van der Waals surface area contributed by atoms with E-state index in [1.54, 1.807) is 13.0 Å². The Morgan fingerprint density at radius 1 is 1.23 bits per heavy atom. The van der Waals surface area contributed by atoms with E-state index in [2.05, 4.69) is 0 Å². The molecule has 0 saturated carbocycles. The highest BCUT2D eigenvalue weighted by Gasteiger charge is 2.15. The number of anilines is 1. The van der Waals surface area contributed by atoms with Crippen molar-refractivity contribution in [1.82, 2.24) is 0 Å². The Morgan fingerprint density at radius 2 is 1.77 bits per heavy atom. The molecule has 0 unspecified atom stereocenters. The fraction of sp³-hybridized carbons (Fsp3) is 0.333. The summed E-state index contributed by atoms with van der Waals surface area (Å²) in [5, 5.41) is 9.57. The number of hydrogen-bond acceptors (Lipinski definition) is 4. The number of benzene rings is 1. The van der Waals surface area contributed by atoms with Crippen LogP contribution in [0.2, 0.25) is 0 Å². The first kappa shape index (κ1) is 9.51. The van der Waals surface area contributed by atoms with E-state index in [4.69, 9.17) is 15.2 Å². The summed E-state index contributed by atoms with van der Waals surface area (Å²) in [6, 6.07) is 1.64. The topological polar surface area (TPSA) is 64.7 Å². The van der Waals surface area contributed by atoms with Crippen LogP contribution in [0.3, 0.4) is 0 Å². The average molecular weight is 183 g/mol. The molecule has 0 aliphatic rings. The number of phenolic OH excluding ortho intramolecular Hbond substituents is 1. The first-order valence-corrected chi connectivity index (χ1v) is 3.81. The summed E-state index contributed by atoms with van der Waals surface area (Å²) in [5.41, 5.74) is 6.78. The maximum atomic E-state index is 9.57. The third-order valence-corrected chi connectivity index (χ3v) is 1.84. The van der Waals surface area contributed by atoms with E-state index in [9.17, 15) is 5.11 Å². The van der Waals surface area contributed by atoms with Gasteiger partial charge in [0.2, 0.25) is 5.75 Å². The standard InChI is InChI=1S/C9H13NO3/c1-5-4-6(10)8(12-2)9(13-3)7(5)11/h4,11H,10H2,1-3H3. The number of nitrogen functional groups attached to an aromatic ring is 1. The van der Waals surface area contributed by atoms with Gasteiger partial charge in [0.15, 0.2) is 11.5 Å². The molecular formula is C9H13NO3. The Labute approximate surface area is 76.9 Å². The molecule has 0 spiro atoms. The SMILES string of the molecule is COc1c(N)cc(C)c(O)c1OC. The monoisotopic (exact) mass is 183 g/mol. The van der Waals surface area contributed by atoms with Gasteiger partial charge in [-0.3, -0.25) is 0 Å². The average Bonchev–Trinajstić information content (AvgIpc) is 2.10. The molecule has 0 radical (unpaired) electrons. The third kappa shape index (κ3) is 1.47. The highest BCUT2D eigenvalue weighted by atomic mass is 16.5. The highest BCUT2D eigenvalue weighted by Crippen LogP contribution is 2.42. The molecule has 1 aromatic carbocycles. The molecule has 4 nitrogen and oxygen atoms in total. The Balaban J connectivity index is 3.41. The molecule has 1 rings (SSSR count). The lowest BCUT2D eigenvalue weighted by atomic mass is 10.1. The number of methoxy groups -OCH3 is 2. The molecular weight excluding hydrogens is 170 g/mol. The van der Waals surface area contributed by atoms with E-state index in [1.807, 2.05) is 0 Å². The first-order valence-electron chi connectivity index (χ1n) is 3.81. The second-order valence-corrected chi connectivity index (χ2v) is 2.70. The van der Waals surface area contributed by atoms with Gasteiger partial charge in [0, 0.05) is 0 Å². The zero-order chi connectivity index (χ0) is 10.0. The van der Waals surface area contributed by atoms with Gasteiger partial charge in [-0.2, -0.15) is 0 Å². The molecule has 0 fully saturated rings. The summed E-state index contributed by atoms with van der Waals surface area (Å²) >= 11 is 0. The smallest absolute Gasteiger partial charge is 0.205 e. The number of nitrogens with two attached hydrogens (primary N) is 1. The minimum Gasteiger partial charge on any atom is -0.504 e. The van der Waals surface area contributed by atoms with E-state index in [-0.39, 0.29) is 11.5 Å². The van der Waals surface area contributed by atoms with Crippen LogP contribution in [0.5, 0.6) is 17.2 Å². The summed E-state index contributed by atoms with van der Waals surface area (Å²) in [6.45, 7) is 1.74. The van der Waals surface area contributed by atoms with E-state index in [0.29, 0.717) is 17.0 Å². The predicted octanol–water partition coefficient (Wildman–Crippen LogP) is 1.30. The summed E-state index contributed by atoms with van der Waals surface area (Å²) in [4.78, 5) is 0. The molecule has 4 heteroatoms. The molecule has 0 heterocycles. The molecule has 3 N–H and O–H groups in total. The Bertz CT molecular complexity index is 323. The van der Waals surface area contributed by atoms with Crippen molar-refractivity contribution in [3.8, 4) is 17.2 Å². The van der Waals surface area contributed by atoms with Crippen molar-refractivity contribution in [3.05, 3.63) is 11.6 Å². The number of ether oxygens (including phenoxy) is 2. The van der Waals surface area contributed by atoms with Crippen LogP contribution in [0.1, 0.15) is 5.56 Å². The molecule has 0 aliphatic carbocycles. The van der Waals surface area contributed by atoms with E-state index < -0.39 is 0 Å². The van der Waals surface area contributed by atoms with Gasteiger partial charge in [-0.05, 0) is 18.6 Å². The quantitative estimate of drug-likeness (QED) is 0.535. The van der Waals surface area contributed by atoms with Crippen LogP contribution in [0, 0.1) is 6.92 Å². The van der Waals surface area contributed by atoms with Crippen LogP contribution >= 0.6 is 0 Å². The number of rotatable bonds is 2. The molecule has 0 atom stereocenters. The number of hydrogen-bond donors (Lipinski definition) is 2. The Kier molecular flexibility index (Phi) is 2.51. The van der Waals surface area contributed by atoms with Gasteiger partial charge in [-0.1, -0.05) is 0 Å². The lowest BCUT2D eigenvalue weighted by Gasteiger charge is -2.13. The van der Waals surface area contributed by atoms with Crippen molar-refractivity contribution in [3.63, 3.8) is 0 Å². The van der Waals surface area contributed by atoms with Gasteiger partial charge in [0.1, 0.15) is 0 Å². The molecule has 72 valence electrons. The number of aromatic hydroxyl groups is 1. The lowest BCUT2D eigenvalue weighted by molar-refractivity contribution is 0.333. The van der Waals surface area contributed by atoms with Crippen LogP contribution in [-0.2, 0) is 0 Å². The molecule has 0 aliphatic heterocycles. The van der Waals surface area contributed by atoms with Crippen LogP contribution < -0.4 is 15.2 Å². The summed E-state index contributed by atoms with van der Waals surface area (Å²) in [5.74, 6) is 0.708. The zero-order valence-electron chi connectivity index (χ0n) is 7.92. The van der Waals surface area contributed by atoms with Gasteiger partial charge in [-0.25, -0.2) is 0 Å². The number of phenols is 1. The van der Waals surface area contributed by atoms with Crippen molar-refractivity contribution >= 4 is 5.69 Å². The third-order valence-electron chi connectivity index (χ3n) is 1.84. The van der Waals surface area contributed by atoms with Crippen molar-refractivity contribution < 1.29 is 14.6 Å². The minimum absolute atomic E-state index is 0.0635. The van der Waals surface area contributed by atoms with Gasteiger partial charge in [0.25, 0.3) is 0 Å². The largest absolute Gasteiger partial charge is 0.504 e. The molecule has 1 aromatic rings. The van der Waals surface area contributed by atoms with E-state index in [1.165, 1.54) is 14.2 Å². The fourth-order valence-corrected chi connectivity index (χ4v) is 1.18. The van der Waals surface area contributed by atoms with Gasteiger partial charge < -0.3 is 20.3 Å². The van der Waals surface area contributed by atoms with Crippen molar-refractivity contribution in [2.24, 2.45) is 0 Å². The summed E-state index contributed by atoms with van der Waals surface area (Å²) in [7, 11) is 2.93. The molecule has 0 amide bonds. The van der Waals surface area contributed by atoms with Crippen LogP contribution in [0.15, 0.2) is 6.07 Å². The summed E-state index contributed by atoms with van der Waals surface area (Å²) in [6.07, 6.45) is 0. The second kappa shape index (κ2) is 3.43. The van der Waals surface area contributed by atoms with Crippen LogP contribution in [0.25, 0.3) is 0 Å². The zero-order valence-corrected chi connectivity index (χ0v) is 7.92. The van der Waals surface area contributed by atoms with E-state index in [0.717, 1.165) is 0 Å². The predicted molar refractivity (Wildman–Crippen MR) is 50.4 cm³/mol. The summed E-state index contributed by atoms with van der Waals surface area (Å²) < 4.78 is 9.97. The fourth-order valence-electron chi connectivity index (χ4n) is 1.18. The van der Waals surface area contributed by atoms with Gasteiger partial charge in [-0.15, -0.1) is 0 Å². The number of aryl methyl sites for hydroxylation is 1. The Morgan fingerprint density at radius 3 is 2.23 bits per heavy atom. The lowest BCUT2D eigenvalue weighted by Crippen LogP contribution is -1.97. The van der Waals surface area contributed by atoms with Gasteiger partial charge in [0.05, 0.1) is 19.9 Å². The van der Waals surface area contributed by atoms with Crippen LogP contribution in [0.4, 0.5) is 5.69 Å². The van der Waals surface area contributed by atoms with E-state index >= 15 is 0 Å². The molecule has 0 bridgehead atoms. The molecule has 0 aromatic heterocycles. The van der Waals surface area contributed by atoms with Crippen molar-refractivity contribution in [2.75, 3.05) is 20.0 Å². The molecule has 13 heavy (non-hydrogen) atoms. The van der Waals surface area contributed by atoms with Crippen LogP contribution in [-0.4, -0.2) is 19.3 Å². The maximum absolute atomic E-state index is 9.57.